The predicted octanol–water partition coefficient (Wildman–Crippen LogP) is 1.86. The van der Waals surface area contributed by atoms with Crippen LogP contribution in [0.25, 0.3) is 0 Å². The topological polar surface area (TPSA) is 52.6 Å². The molecule has 0 unspecified atom stereocenters. The molecule has 1 aliphatic rings. The van der Waals surface area contributed by atoms with Gasteiger partial charge in [-0.2, -0.15) is 11.8 Å². The Morgan fingerprint density at radius 2 is 1.12 bits per heavy atom. The van der Waals surface area contributed by atoms with E-state index in [0.29, 0.717) is 24.3 Å². The second-order valence-corrected chi connectivity index (χ2v) is 9.43. The van der Waals surface area contributed by atoms with Crippen LogP contribution in [-0.2, 0) is 18.4 Å². The van der Waals surface area contributed by atoms with Crippen LogP contribution in [-0.4, -0.2) is 32.0 Å². The molecule has 1 fully saturated rings. The molecule has 0 aliphatic carbocycles. The molecule has 6 heteroatoms. The van der Waals surface area contributed by atoms with Crippen LogP contribution in [0.4, 0.5) is 0 Å². The first-order valence-corrected chi connectivity index (χ1v) is 10.8. The maximum atomic E-state index is 12.4. The first-order valence-electron chi connectivity index (χ1n) is 7.83. The van der Waals surface area contributed by atoms with Gasteiger partial charge >= 0.3 is 8.56 Å². The highest BCUT2D eigenvalue weighted by Crippen LogP contribution is 2.17. The predicted molar refractivity (Wildman–Crippen MR) is 96.6 cm³/mol. The van der Waals surface area contributed by atoms with Crippen molar-refractivity contribution in [3.05, 3.63) is 60.7 Å². The van der Waals surface area contributed by atoms with E-state index in [9.17, 15) is 9.59 Å². The lowest BCUT2D eigenvalue weighted by Gasteiger charge is -2.30. The molecule has 0 spiro atoms. The zero-order valence-corrected chi connectivity index (χ0v) is 15.0. The average molecular weight is 358 g/mol. The smallest absolute Gasteiger partial charge is 0.478 e. The fourth-order valence-electron chi connectivity index (χ4n) is 2.57. The van der Waals surface area contributed by atoms with E-state index in [1.165, 1.54) is 0 Å². The van der Waals surface area contributed by atoms with E-state index < -0.39 is 8.56 Å². The summed E-state index contributed by atoms with van der Waals surface area (Å²) in [6.45, 7) is 0. The van der Waals surface area contributed by atoms with Crippen LogP contribution >= 0.6 is 11.8 Å². The Balaban J connectivity index is 2.12. The average Bonchev–Trinajstić information content (AvgIpc) is 2.62. The molecular weight excluding hydrogens is 340 g/mol. The molecule has 1 aliphatic heterocycles. The molecule has 3 rings (SSSR count). The number of rotatable bonds is 2. The number of hydrogen-bond donors (Lipinski definition) is 0. The minimum atomic E-state index is -3.41. The first kappa shape index (κ1) is 16.8. The summed E-state index contributed by atoms with van der Waals surface area (Å²) >= 11 is 1.56. The number of carbonyl (C=O) groups excluding carboxylic acids is 2. The maximum Gasteiger partial charge on any atom is 0.534 e. The highest BCUT2D eigenvalue weighted by molar-refractivity contribution is 7.99. The molecule has 124 valence electrons. The molecule has 0 amide bonds. The normalized spacial score (nSPS) is 18.3. The SMILES string of the molecule is O=C1CCSCCC(=O)O[Si](c2ccccc2)(c2ccccc2)O1. The van der Waals surface area contributed by atoms with Gasteiger partial charge in [-0.15, -0.1) is 0 Å². The monoisotopic (exact) mass is 358 g/mol. The third-order valence-corrected chi connectivity index (χ3v) is 7.93. The third-order valence-electron chi connectivity index (χ3n) is 3.72. The Bertz CT molecular complexity index is 644. The van der Waals surface area contributed by atoms with Crippen molar-refractivity contribution >= 4 is 42.6 Å². The van der Waals surface area contributed by atoms with Crippen LogP contribution in [0.2, 0.25) is 0 Å². The standard InChI is InChI=1S/C18H18O4SSi/c19-17-11-13-23-14-12-18(20)22-24(21-17,15-7-3-1-4-8-15)16-9-5-2-6-10-16/h1-10H,11-14H2. The highest BCUT2D eigenvalue weighted by atomic mass is 32.2. The summed E-state index contributed by atoms with van der Waals surface area (Å²) in [7, 11) is -3.41. The zero-order chi connectivity index (χ0) is 16.8. The highest BCUT2D eigenvalue weighted by Gasteiger charge is 2.50. The van der Waals surface area contributed by atoms with E-state index in [4.69, 9.17) is 8.85 Å². The molecule has 0 bridgehead atoms. The molecule has 0 saturated carbocycles. The Hall–Kier alpha value is -2.05. The van der Waals surface area contributed by atoms with E-state index in [0.717, 1.165) is 10.4 Å². The Kier molecular flexibility index (Phi) is 5.37. The van der Waals surface area contributed by atoms with Gasteiger partial charge in [0.25, 0.3) is 11.9 Å². The molecule has 1 heterocycles. The fourth-order valence-corrected chi connectivity index (χ4v) is 6.35. The van der Waals surface area contributed by atoms with E-state index >= 15 is 0 Å². The van der Waals surface area contributed by atoms with Crippen LogP contribution in [0.1, 0.15) is 12.8 Å². The summed E-state index contributed by atoms with van der Waals surface area (Å²) in [6.07, 6.45) is 0.632. The number of thioether (sulfide) groups is 1. The molecule has 0 radical (unpaired) electrons. The molecule has 2 aromatic rings. The summed E-state index contributed by atoms with van der Waals surface area (Å²) in [5.41, 5.74) is 0. The second-order valence-electron chi connectivity index (χ2n) is 5.41. The van der Waals surface area contributed by atoms with Gasteiger partial charge in [-0.1, -0.05) is 60.7 Å². The van der Waals surface area contributed by atoms with Crippen LogP contribution in [0.15, 0.2) is 60.7 Å². The Morgan fingerprint density at radius 1 is 0.708 bits per heavy atom. The van der Waals surface area contributed by atoms with Crippen LogP contribution in [0, 0.1) is 0 Å². The second kappa shape index (κ2) is 7.68. The minimum absolute atomic E-state index is 0.316. The summed E-state index contributed by atoms with van der Waals surface area (Å²) in [5, 5.41) is 1.51. The lowest BCUT2D eigenvalue weighted by atomic mass is 10.4. The third kappa shape index (κ3) is 3.71. The van der Waals surface area contributed by atoms with Gasteiger partial charge < -0.3 is 8.85 Å². The largest absolute Gasteiger partial charge is 0.534 e. The molecule has 1 saturated heterocycles. The molecule has 24 heavy (non-hydrogen) atoms. The van der Waals surface area contributed by atoms with Crippen molar-refractivity contribution in [1.82, 2.24) is 0 Å². The maximum absolute atomic E-state index is 12.4. The summed E-state index contributed by atoms with van der Waals surface area (Å²) in [6, 6.07) is 18.7. The van der Waals surface area contributed by atoms with Crippen molar-refractivity contribution in [2.45, 2.75) is 12.8 Å². The van der Waals surface area contributed by atoms with Crippen molar-refractivity contribution in [2.75, 3.05) is 11.5 Å². The van der Waals surface area contributed by atoms with Crippen molar-refractivity contribution in [2.24, 2.45) is 0 Å². The van der Waals surface area contributed by atoms with Gasteiger partial charge in [0.1, 0.15) is 0 Å². The summed E-state index contributed by atoms with van der Waals surface area (Å²) in [4.78, 5) is 24.8. The van der Waals surface area contributed by atoms with Gasteiger partial charge in [-0.05, 0) is 0 Å². The minimum Gasteiger partial charge on any atom is -0.478 e. The molecular formula is C18H18O4SSi. The molecule has 4 nitrogen and oxygen atoms in total. The number of hydrogen-bond acceptors (Lipinski definition) is 5. The summed E-state index contributed by atoms with van der Waals surface area (Å²) < 4.78 is 11.8. The summed E-state index contributed by atoms with van der Waals surface area (Å²) in [5.74, 6) is 0.661. The molecule has 0 atom stereocenters. The van der Waals surface area contributed by atoms with Gasteiger partial charge in [0.2, 0.25) is 0 Å². The quantitative estimate of drug-likeness (QED) is 0.767. The number of benzene rings is 2. The van der Waals surface area contributed by atoms with Crippen molar-refractivity contribution < 1.29 is 18.4 Å². The Morgan fingerprint density at radius 3 is 1.54 bits per heavy atom. The van der Waals surface area contributed by atoms with Crippen LogP contribution in [0.3, 0.4) is 0 Å². The van der Waals surface area contributed by atoms with Gasteiger partial charge in [0.15, 0.2) is 0 Å². The van der Waals surface area contributed by atoms with E-state index in [1.807, 2.05) is 60.7 Å². The lowest BCUT2D eigenvalue weighted by molar-refractivity contribution is -0.140. The van der Waals surface area contributed by atoms with Crippen LogP contribution < -0.4 is 10.4 Å². The van der Waals surface area contributed by atoms with Crippen LogP contribution in [0.5, 0.6) is 0 Å². The van der Waals surface area contributed by atoms with Gasteiger partial charge in [0.05, 0.1) is 12.8 Å². The van der Waals surface area contributed by atoms with E-state index in [-0.39, 0.29) is 11.9 Å². The van der Waals surface area contributed by atoms with Crippen molar-refractivity contribution in [1.29, 1.82) is 0 Å². The molecule has 2 aromatic carbocycles. The number of carbonyl (C=O) groups is 2. The first-order chi connectivity index (χ1) is 11.7. The van der Waals surface area contributed by atoms with E-state index in [1.54, 1.807) is 11.8 Å². The van der Waals surface area contributed by atoms with Crippen molar-refractivity contribution in [3.63, 3.8) is 0 Å². The van der Waals surface area contributed by atoms with Gasteiger partial charge in [-0.25, -0.2) is 0 Å². The van der Waals surface area contributed by atoms with E-state index in [2.05, 4.69) is 0 Å². The van der Waals surface area contributed by atoms with Gasteiger partial charge in [0, 0.05) is 21.9 Å². The lowest BCUT2D eigenvalue weighted by Crippen LogP contribution is -2.65. The Labute approximate surface area is 146 Å². The molecule has 0 aromatic heterocycles. The van der Waals surface area contributed by atoms with Gasteiger partial charge in [-0.3, -0.25) is 9.59 Å². The zero-order valence-electron chi connectivity index (χ0n) is 13.1. The fraction of sp³-hybridized carbons (Fsp3) is 0.222. The van der Waals surface area contributed by atoms with Crippen molar-refractivity contribution in [3.8, 4) is 0 Å². The molecule has 0 N–H and O–H groups in total.